The van der Waals surface area contributed by atoms with Gasteiger partial charge in [-0.1, -0.05) is 26.8 Å². The van der Waals surface area contributed by atoms with E-state index in [2.05, 4.69) is 6.58 Å². The molecule has 0 nitrogen and oxygen atoms in total. The Bertz CT molecular complexity index is 83.3. The maximum atomic E-state index is 11.4. The van der Waals surface area contributed by atoms with Crippen LogP contribution in [0.2, 0.25) is 0 Å². The minimum absolute atomic E-state index is 0.875. The monoisotopic (exact) mass is 154 g/mol. The molecule has 0 bridgehead atoms. The van der Waals surface area contributed by atoms with Crippen LogP contribution in [0.3, 0.4) is 0 Å². The second-order valence-electron chi connectivity index (χ2n) is 1.57. The van der Waals surface area contributed by atoms with Gasteiger partial charge in [-0.15, -0.1) is 6.58 Å². The van der Waals surface area contributed by atoms with E-state index < -0.39 is 12.1 Å². The highest BCUT2D eigenvalue weighted by molar-refractivity contribution is 4.80. The Morgan fingerprint density at radius 3 is 1.60 bits per heavy atom. The molecule has 0 N–H and O–H groups in total. The summed E-state index contributed by atoms with van der Waals surface area (Å²) in [5, 5.41) is 0. The highest BCUT2D eigenvalue weighted by atomic mass is 19.4. The van der Waals surface area contributed by atoms with E-state index in [0.29, 0.717) is 0 Å². The van der Waals surface area contributed by atoms with Crippen LogP contribution in [0.4, 0.5) is 13.2 Å². The van der Waals surface area contributed by atoms with Gasteiger partial charge in [0.25, 0.3) is 0 Å². The first kappa shape index (κ1) is 12.2. The van der Waals surface area contributed by atoms with Gasteiger partial charge in [-0.05, 0) is 0 Å². The molecule has 0 aliphatic carbocycles. The largest absolute Gasteiger partial charge is 0.394 e. The van der Waals surface area contributed by atoms with Crippen molar-refractivity contribution in [2.24, 2.45) is 5.92 Å². The third-order valence-electron chi connectivity index (χ3n) is 0.870. The van der Waals surface area contributed by atoms with Crippen molar-refractivity contribution < 1.29 is 13.2 Å². The minimum atomic E-state index is -4.11. The van der Waals surface area contributed by atoms with Crippen LogP contribution in [0.1, 0.15) is 20.8 Å². The molecule has 0 saturated carbocycles. The quantitative estimate of drug-likeness (QED) is 0.508. The van der Waals surface area contributed by atoms with Gasteiger partial charge in [0.05, 0.1) is 5.92 Å². The van der Waals surface area contributed by atoms with Gasteiger partial charge in [0.2, 0.25) is 0 Å². The molecule has 0 heterocycles. The summed E-state index contributed by atoms with van der Waals surface area (Å²) in [5.41, 5.74) is 0. The molecular formula is C7H13F3. The molecule has 0 aliphatic heterocycles. The molecule has 1 unspecified atom stereocenters. The Balaban J connectivity index is 0. The predicted molar refractivity (Wildman–Crippen MR) is 36.8 cm³/mol. The predicted octanol–water partition coefficient (Wildman–Crippen LogP) is 3.40. The van der Waals surface area contributed by atoms with Gasteiger partial charge in [-0.25, -0.2) is 0 Å². The van der Waals surface area contributed by atoms with Gasteiger partial charge >= 0.3 is 6.18 Å². The fraction of sp³-hybridized carbons (Fsp3) is 0.714. The Morgan fingerprint density at radius 2 is 1.60 bits per heavy atom. The van der Waals surface area contributed by atoms with Crippen LogP contribution < -0.4 is 0 Å². The van der Waals surface area contributed by atoms with Crippen molar-refractivity contribution in [2.75, 3.05) is 0 Å². The smallest absolute Gasteiger partial charge is 0.170 e. The zero-order chi connectivity index (χ0) is 8.78. The first-order valence-electron chi connectivity index (χ1n) is 3.17. The maximum absolute atomic E-state index is 11.4. The maximum Gasteiger partial charge on any atom is 0.394 e. The zero-order valence-corrected chi connectivity index (χ0v) is 6.50. The number of allylic oxidation sites excluding steroid dienone is 1. The minimum Gasteiger partial charge on any atom is -0.170 e. The lowest BCUT2D eigenvalue weighted by Crippen LogP contribution is -2.16. The van der Waals surface area contributed by atoms with Crippen LogP contribution in [0, 0.1) is 5.92 Å². The lowest BCUT2D eigenvalue weighted by atomic mass is 10.2. The summed E-state index contributed by atoms with van der Waals surface area (Å²) >= 11 is 0. The van der Waals surface area contributed by atoms with Gasteiger partial charge in [-0.2, -0.15) is 13.2 Å². The van der Waals surface area contributed by atoms with Crippen LogP contribution in [-0.2, 0) is 0 Å². The Kier molecular flexibility index (Phi) is 6.51. The zero-order valence-electron chi connectivity index (χ0n) is 6.50. The first-order chi connectivity index (χ1) is 4.48. The van der Waals surface area contributed by atoms with E-state index >= 15 is 0 Å². The molecule has 0 aromatic carbocycles. The summed E-state index contributed by atoms with van der Waals surface area (Å²) in [6.45, 7) is 8.07. The summed E-state index contributed by atoms with van der Waals surface area (Å²) in [5.74, 6) is -1.39. The second kappa shape index (κ2) is 5.33. The van der Waals surface area contributed by atoms with Crippen LogP contribution in [0.15, 0.2) is 12.7 Å². The molecule has 0 rings (SSSR count). The van der Waals surface area contributed by atoms with Crippen LogP contribution in [0.25, 0.3) is 0 Å². The average molecular weight is 154 g/mol. The van der Waals surface area contributed by atoms with E-state index in [1.807, 2.05) is 13.8 Å². The van der Waals surface area contributed by atoms with E-state index in [1.165, 1.54) is 0 Å². The Labute approximate surface area is 59.7 Å². The summed E-state index contributed by atoms with van der Waals surface area (Å²) in [4.78, 5) is 0. The van der Waals surface area contributed by atoms with E-state index in [9.17, 15) is 13.2 Å². The summed E-state index contributed by atoms with van der Waals surface area (Å²) in [6.07, 6.45) is -3.23. The number of hydrogen-bond acceptors (Lipinski definition) is 0. The Morgan fingerprint density at radius 1 is 1.30 bits per heavy atom. The second-order valence-corrected chi connectivity index (χ2v) is 1.57. The van der Waals surface area contributed by atoms with Crippen molar-refractivity contribution in [3.05, 3.63) is 12.7 Å². The molecular weight excluding hydrogens is 141 g/mol. The number of hydrogen-bond donors (Lipinski definition) is 0. The third kappa shape index (κ3) is 5.66. The fourth-order valence-electron chi connectivity index (χ4n) is 0.134. The molecule has 0 aromatic heterocycles. The average Bonchev–Trinajstić information content (AvgIpc) is 1.89. The molecule has 62 valence electrons. The van der Waals surface area contributed by atoms with Gasteiger partial charge < -0.3 is 0 Å². The van der Waals surface area contributed by atoms with Crippen LogP contribution in [0.5, 0.6) is 0 Å². The van der Waals surface area contributed by atoms with E-state index in [0.717, 1.165) is 13.0 Å². The fourth-order valence-corrected chi connectivity index (χ4v) is 0.134. The standard InChI is InChI=1S/C5H7F3.C2H6/c1-3-4(2)5(6,7)8;1-2/h3-4H,1H2,2H3;1-2H3. The highest BCUT2D eigenvalue weighted by Gasteiger charge is 2.33. The van der Waals surface area contributed by atoms with Gasteiger partial charge in [0.1, 0.15) is 0 Å². The lowest BCUT2D eigenvalue weighted by molar-refractivity contribution is -0.156. The summed E-state index contributed by atoms with van der Waals surface area (Å²) in [6, 6.07) is 0. The van der Waals surface area contributed by atoms with Crippen LogP contribution in [-0.4, -0.2) is 6.18 Å². The SMILES string of the molecule is C=CC(C)C(F)(F)F.CC. The van der Waals surface area contributed by atoms with Gasteiger partial charge in [0, 0.05) is 0 Å². The highest BCUT2D eigenvalue weighted by Crippen LogP contribution is 2.25. The van der Waals surface area contributed by atoms with E-state index in [1.54, 1.807) is 0 Å². The van der Waals surface area contributed by atoms with Crippen molar-refractivity contribution in [2.45, 2.75) is 26.9 Å². The third-order valence-corrected chi connectivity index (χ3v) is 0.870. The normalized spacial score (nSPS) is 13.0. The molecule has 0 spiro atoms. The molecule has 0 fully saturated rings. The molecule has 0 saturated heterocycles. The van der Waals surface area contributed by atoms with Crippen molar-refractivity contribution >= 4 is 0 Å². The molecule has 1 atom stereocenters. The molecule has 0 aromatic rings. The molecule has 0 aliphatic rings. The van der Waals surface area contributed by atoms with Gasteiger partial charge in [-0.3, -0.25) is 0 Å². The number of rotatable bonds is 1. The molecule has 3 heteroatoms. The van der Waals surface area contributed by atoms with E-state index in [4.69, 9.17) is 0 Å². The van der Waals surface area contributed by atoms with Gasteiger partial charge in [0.15, 0.2) is 0 Å². The molecule has 0 radical (unpaired) electrons. The molecule has 10 heavy (non-hydrogen) atoms. The molecule has 0 amide bonds. The Hall–Kier alpha value is -0.470. The first-order valence-corrected chi connectivity index (χ1v) is 3.17. The number of halogens is 3. The summed E-state index contributed by atoms with van der Waals surface area (Å²) in [7, 11) is 0. The van der Waals surface area contributed by atoms with Crippen molar-refractivity contribution in [1.82, 2.24) is 0 Å². The number of alkyl halides is 3. The van der Waals surface area contributed by atoms with E-state index in [-0.39, 0.29) is 0 Å². The lowest BCUT2D eigenvalue weighted by Gasteiger charge is -2.08. The topological polar surface area (TPSA) is 0 Å². The van der Waals surface area contributed by atoms with Crippen molar-refractivity contribution in [3.8, 4) is 0 Å². The summed E-state index contributed by atoms with van der Waals surface area (Å²) < 4.78 is 34.1. The van der Waals surface area contributed by atoms with Crippen LogP contribution >= 0.6 is 0 Å². The van der Waals surface area contributed by atoms with Crippen molar-refractivity contribution in [3.63, 3.8) is 0 Å². The van der Waals surface area contributed by atoms with Crippen molar-refractivity contribution in [1.29, 1.82) is 0 Å².